The average molecular weight is 227 g/mol. The zero-order valence-corrected chi connectivity index (χ0v) is 9.84. The summed E-state index contributed by atoms with van der Waals surface area (Å²) in [4.78, 5) is 6.76. The van der Waals surface area contributed by atoms with Crippen molar-refractivity contribution in [1.82, 2.24) is 4.98 Å². The van der Waals surface area contributed by atoms with Crippen LogP contribution in [0.25, 0.3) is 10.9 Å². The van der Waals surface area contributed by atoms with Crippen molar-refractivity contribution in [3.63, 3.8) is 0 Å². The fraction of sp³-hybridized carbons (Fsp3) is 0.357. The standard InChI is InChI=1S/C14H17N3/c15-12-4-2-8-17(10-12)13-6-5-11-3-1-7-16-14(11)9-13/h1,3,5-7,9,12H,2,4,8,10,15H2. The molecule has 1 unspecified atom stereocenters. The quantitative estimate of drug-likeness (QED) is 0.811. The molecule has 3 heteroatoms. The van der Waals surface area contributed by atoms with Gasteiger partial charge in [0.2, 0.25) is 0 Å². The van der Waals surface area contributed by atoms with E-state index in [1.54, 1.807) is 0 Å². The zero-order valence-electron chi connectivity index (χ0n) is 9.84. The van der Waals surface area contributed by atoms with Gasteiger partial charge in [0, 0.05) is 36.4 Å². The molecule has 1 atom stereocenters. The fourth-order valence-corrected chi connectivity index (χ4v) is 2.50. The Bertz CT molecular complexity index is 524. The Morgan fingerprint density at radius 3 is 3.12 bits per heavy atom. The van der Waals surface area contributed by atoms with E-state index in [4.69, 9.17) is 5.73 Å². The lowest BCUT2D eigenvalue weighted by atomic mass is 10.1. The molecule has 88 valence electrons. The number of nitrogens with two attached hydrogens (primary N) is 1. The molecule has 0 radical (unpaired) electrons. The van der Waals surface area contributed by atoms with Crippen LogP contribution in [0.3, 0.4) is 0 Å². The SMILES string of the molecule is NC1CCCN(c2ccc3cccnc3c2)C1. The summed E-state index contributed by atoms with van der Waals surface area (Å²) in [6, 6.07) is 10.8. The summed E-state index contributed by atoms with van der Waals surface area (Å²) in [7, 11) is 0. The van der Waals surface area contributed by atoms with Crippen LogP contribution in [0.5, 0.6) is 0 Å². The number of hydrogen-bond donors (Lipinski definition) is 1. The van der Waals surface area contributed by atoms with Gasteiger partial charge in [0.05, 0.1) is 5.52 Å². The number of pyridine rings is 1. The van der Waals surface area contributed by atoms with Crippen molar-refractivity contribution < 1.29 is 0 Å². The summed E-state index contributed by atoms with van der Waals surface area (Å²) in [5.41, 5.74) is 8.32. The number of nitrogens with zero attached hydrogens (tertiary/aromatic N) is 2. The van der Waals surface area contributed by atoms with E-state index in [-0.39, 0.29) is 0 Å². The van der Waals surface area contributed by atoms with Crippen molar-refractivity contribution in [2.45, 2.75) is 18.9 Å². The van der Waals surface area contributed by atoms with E-state index in [9.17, 15) is 0 Å². The highest BCUT2D eigenvalue weighted by atomic mass is 15.1. The number of aromatic nitrogens is 1. The minimum absolute atomic E-state index is 0.308. The highest BCUT2D eigenvalue weighted by Crippen LogP contribution is 2.23. The fourth-order valence-electron chi connectivity index (χ4n) is 2.50. The van der Waals surface area contributed by atoms with E-state index >= 15 is 0 Å². The molecule has 1 saturated heterocycles. The van der Waals surface area contributed by atoms with Gasteiger partial charge < -0.3 is 10.6 Å². The van der Waals surface area contributed by atoms with Crippen molar-refractivity contribution in [2.24, 2.45) is 5.73 Å². The second-order valence-corrected chi connectivity index (χ2v) is 4.73. The first kappa shape index (κ1) is 10.5. The van der Waals surface area contributed by atoms with Crippen molar-refractivity contribution >= 4 is 16.6 Å². The average Bonchev–Trinajstić information content (AvgIpc) is 2.38. The molecule has 3 nitrogen and oxygen atoms in total. The number of piperidine rings is 1. The monoisotopic (exact) mass is 227 g/mol. The van der Waals surface area contributed by atoms with E-state index < -0.39 is 0 Å². The zero-order chi connectivity index (χ0) is 11.7. The van der Waals surface area contributed by atoms with Crippen LogP contribution < -0.4 is 10.6 Å². The Balaban J connectivity index is 1.94. The Morgan fingerprint density at radius 1 is 1.29 bits per heavy atom. The molecule has 1 aliphatic heterocycles. The maximum absolute atomic E-state index is 6.02. The Morgan fingerprint density at radius 2 is 2.24 bits per heavy atom. The lowest BCUT2D eigenvalue weighted by Gasteiger charge is -2.32. The topological polar surface area (TPSA) is 42.1 Å². The van der Waals surface area contributed by atoms with Gasteiger partial charge in [-0.1, -0.05) is 12.1 Å². The summed E-state index contributed by atoms with van der Waals surface area (Å²) in [5.74, 6) is 0. The second kappa shape index (κ2) is 4.34. The highest BCUT2D eigenvalue weighted by molar-refractivity contribution is 5.82. The number of fused-ring (bicyclic) bond motifs is 1. The first-order valence-corrected chi connectivity index (χ1v) is 6.18. The van der Waals surface area contributed by atoms with Gasteiger partial charge in [0.25, 0.3) is 0 Å². The Hall–Kier alpha value is -1.61. The normalized spacial score (nSPS) is 20.8. The second-order valence-electron chi connectivity index (χ2n) is 4.73. The van der Waals surface area contributed by atoms with E-state index in [2.05, 4.69) is 34.1 Å². The molecule has 1 aromatic heterocycles. The maximum atomic E-state index is 6.02. The molecule has 2 N–H and O–H groups in total. The first-order valence-electron chi connectivity index (χ1n) is 6.18. The molecule has 1 aromatic carbocycles. The van der Waals surface area contributed by atoms with Gasteiger partial charge in [-0.05, 0) is 31.0 Å². The molecule has 2 heterocycles. The van der Waals surface area contributed by atoms with Gasteiger partial charge in [-0.2, -0.15) is 0 Å². The molecule has 1 fully saturated rings. The van der Waals surface area contributed by atoms with Crippen LogP contribution >= 0.6 is 0 Å². The van der Waals surface area contributed by atoms with Crippen LogP contribution in [0.2, 0.25) is 0 Å². The molecule has 3 rings (SSSR count). The van der Waals surface area contributed by atoms with Crippen molar-refractivity contribution in [3.05, 3.63) is 36.5 Å². The third-order valence-electron chi connectivity index (χ3n) is 3.41. The maximum Gasteiger partial charge on any atom is 0.0722 e. The molecule has 0 saturated carbocycles. The molecule has 1 aliphatic rings. The number of rotatable bonds is 1. The Kier molecular flexibility index (Phi) is 2.69. The molecule has 17 heavy (non-hydrogen) atoms. The van der Waals surface area contributed by atoms with E-state index in [1.165, 1.54) is 17.5 Å². The van der Waals surface area contributed by atoms with Gasteiger partial charge in [0.1, 0.15) is 0 Å². The molecule has 2 aromatic rings. The number of anilines is 1. The van der Waals surface area contributed by atoms with Crippen molar-refractivity contribution in [3.8, 4) is 0 Å². The summed E-state index contributed by atoms with van der Waals surface area (Å²) in [5, 5.41) is 1.19. The van der Waals surface area contributed by atoms with Gasteiger partial charge in [-0.3, -0.25) is 4.98 Å². The summed E-state index contributed by atoms with van der Waals surface area (Å²) in [6.07, 6.45) is 4.16. The Labute approximate surface area is 101 Å². The molecule has 0 bridgehead atoms. The largest absolute Gasteiger partial charge is 0.370 e. The molecular weight excluding hydrogens is 210 g/mol. The summed E-state index contributed by atoms with van der Waals surface area (Å²) >= 11 is 0. The predicted octanol–water partition coefficient (Wildman–Crippen LogP) is 2.16. The lowest BCUT2D eigenvalue weighted by Crippen LogP contribution is -2.42. The van der Waals surface area contributed by atoms with Gasteiger partial charge in [-0.15, -0.1) is 0 Å². The van der Waals surface area contributed by atoms with Crippen LogP contribution in [0.15, 0.2) is 36.5 Å². The van der Waals surface area contributed by atoms with Crippen molar-refractivity contribution in [1.29, 1.82) is 0 Å². The van der Waals surface area contributed by atoms with E-state index in [0.717, 1.165) is 25.0 Å². The van der Waals surface area contributed by atoms with Crippen LogP contribution in [0.1, 0.15) is 12.8 Å². The number of hydrogen-bond acceptors (Lipinski definition) is 3. The van der Waals surface area contributed by atoms with Crippen LogP contribution in [-0.2, 0) is 0 Å². The molecule has 0 amide bonds. The minimum atomic E-state index is 0.308. The van der Waals surface area contributed by atoms with E-state index in [1.807, 2.05) is 12.3 Å². The third-order valence-corrected chi connectivity index (χ3v) is 3.41. The first-order chi connectivity index (χ1) is 8.33. The smallest absolute Gasteiger partial charge is 0.0722 e. The molecule has 0 spiro atoms. The van der Waals surface area contributed by atoms with Gasteiger partial charge in [0.15, 0.2) is 0 Å². The van der Waals surface area contributed by atoms with Gasteiger partial charge in [-0.25, -0.2) is 0 Å². The molecular formula is C14H17N3. The van der Waals surface area contributed by atoms with Crippen LogP contribution in [-0.4, -0.2) is 24.1 Å². The van der Waals surface area contributed by atoms with E-state index in [0.29, 0.717) is 6.04 Å². The summed E-state index contributed by atoms with van der Waals surface area (Å²) < 4.78 is 0. The minimum Gasteiger partial charge on any atom is -0.370 e. The summed E-state index contributed by atoms with van der Waals surface area (Å²) in [6.45, 7) is 2.06. The third kappa shape index (κ3) is 2.11. The van der Waals surface area contributed by atoms with Gasteiger partial charge >= 0.3 is 0 Å². The lowest BCUT2D eigenvalue weighted by molar-refractivity contribution is 0.506. The highest BCUT2D eigenvalue weighted by Gasteiger charge is 2.16. The molecule has 0 aliphatic carbocycles. The van der Waals surface area contributed by atoms with Crippen LogP contribution in [0.4, 0.5) is 5.69 Å². The predicted molar refractivity (Wildman–Crippen MR) is 71.2 cm³/mol. The van der Waals surface area contributed by atoms with Crippen LogP contribution in [0, 0.1) is 0 Å². The van der Waals surface area contributed by atoms with Crippen molar-refractivity contribution in [2.75, 3.05) is 18.0 Å². The number of benzene rings is 1.